The summed E-state index contributed by atoms with van der Waals surface area (Å²) in [6.07, 6.45) is 6.80. The number of aromatic nitrogens is 2. The van der Waals surface area contributed by atoms with Crippen LogP contribution in [0, 0.1) is 5.92 Å². The molecule has 1 saturated carbocycles. The molecule has 0 aliphatic heterocycles. The van der Waals surface area contributed by atoms with Gasteiger partial charge in [0.1, 0.15) is 0 Å². The van der Waals surface area contributed by atoms with Gasteiger partial charge in [-0.05, 0) is 18.8 Å². The standard InChI is InChI=1S/C13H23N3OS/c1-9(2)12(14)13-15-11(16-17-13)8-18-10-6-4-3-5-7-10/h9-10,12H,3-8,14H2,1-2H3/t12-/m0/s1. The molecule has 2 rings (SSSR count). The molecule has 1 aromatic rings. The smallest absolute Gasteiger partial charge is 0.243 e. The quantitative estimate of drug-likeness (QED) is 0.888. The highest BCUT2D eigenvalue weighted by Crippen LogP contribution is 2.30. The van der Waals surface area contributed by atoms with E-state index in [9.17, 15) is 0 Å². The third-order valence-corrected chi connectivity index (χ3v) is 4.86. The molecule has 1 fully saturated rings. The first-order valence-electron chi connectivity index (χ1n) is 6.86. The lowest BCUT2D eigenvalue weighted by Gasteiger charge is -2.20. The van der Waals surface area contributed by atoms with Crippen LogP contribution in [0.5, 0.6) is 0 Å². The molecular weight excluding hydrogens is 246 g/mol. The van der Waals surface area contributed by atoms with Crippen molar-refractivity contribution >= 4 is 11.8 Å². The molecule has 102 valence electrons. The van der Waals surface area contributed by atoms with Crippen molar-refractivity contribution in [2.24, 2.45) is 11.7 Å². The van der Waals surface area contributed by atoms with Crippen LogP contribution in [-0.4, -0.2) is 15.4 Å². The van der Waals surface area contributed by atoms with Crippen molar-refractivity contribution in [2.45, 2.75) is 63.0 Å². The Morgan fingerprint density at radius 3 is 2.72 bits per heavy atom. The lowest BCUT2D eigenvalue weighted by atomic mass is 10.0. The Balaban J connectivity index is 1.82. The van der Waals surface area contributed by atoms with Gasteiger partial charge in [-0.25, -0.2) is 0 Å². The van der Waals surface area contributed by atoms with E-state index in [0.29, 0.717) is 11.8 Å². The lowest BCUT2D eigenvalue weighted by Crippen LogP contribution is -2.17. The maximum absolute atomic E-state index is 5.99. The number of thioether (sulfide) groups is 1. The van der Waals surface area contributed by atoms with Crippen molar-refractivity contribution < 1.29 is 4.52 Å². The predicted octanol–water partition coefficient (Wildman–Crippen LogP) is 3.29. The van der Waals surface area contributed by atoms with E-state index in [1.54, 1.807) is 0 Å². The summed E-state index contributed by atoms with van der Waals surface area (Å²) in [6, 6.07) is -0.147. The largest absolute Gasteiger partial charge is 0.338 e. The molecule has 4 nitrogen and oxygen atoms in total. The lowest BCUT2D eigenvalue weighted by molar-refractivity contribution is 0.323. The number of hydrogen-bond acceptors (Lipinski definition) is 5. The molecular formula is C13H23N3OS. The van der Waals surface area contributed by atoms with Crippen LogP contribution in [0.4, 0.5) is 0 Å². The minimum Gasteiger partial charge on any atom is -0.338 e. The zero-order chi connectivity index (χ0) is 13.0. The molecule has 18 heavy (non-hydrogen) atoms. The van der Waals surface area contributed by atoms with Crippen LogP contribution in [0.25, 0.3) is 0 Å². The fraction of sp³-hybridized carbons (Fsp3) is 0.846. The average Bonchev–Trinajstić information content (AvgIpc) is 2.85. The van der Waals surface area contributed by atoms with E-state index in [0.717, 1.165) is 16.8 Å². The Hall–Kier alpha value is -0.550. The molecule has 1 aliphatic carbocycles. The van der Waals surface area contributed by atoms with Crippen LogP contribution < -0.4 is 5.73 Å². The summed E-state index contributed by atoms with van der Waals surface area (Å²) in [5.74, 6) is 2.53. The second-order valence-electron chi connectivity index (χ2n) is 5.39. The molecule has 1 heterocycles. The molecule has 5 heteroatoms. The number of rotatable bonds is 5. The van der Waals surface area contributed by atoms with Crippen molar-refractivity contribution in [1.29, 1.82) is 0 Å². The monoisotopic (exact) mass is 269 g/mol. The van der Waals surface area contributed by atoms with Crippen LogP contribution in [0.3, 0.4) is 0 Å². The molecule has 0 spiro atoms. The summed E-state index contributed by atoms with van der Waals surface area (Å²) in [7, 11) is 0. The third kappa shape index (κ3) is 3.72. The van der Waals surface area contributed by atoms with E-state index in [2.05, 4.69) is 24.0 Å². The van der Waals surface area contributed by atoms with Gasteiger partial charge in [0.15, 0.2) is 5.82 Å². The van der Waals surface area contributed by atoms with Gasteiger partial charge < -0.3 is 10.3 Å². The first kappa shape index (κ1) is 13.9. The molecule has 0 aromatic carbocycles. The normalized spacial score (nSPS) is 19.3. The van der Waals surface area contributed by atoms with E-state index in [1.807, 2.05) is 11.8 Å². The van der Waals surface area contributed by atoms with Gasteiger partial charge in [-0.3, -0.25) is 0 Å². The molecule has 0 saturated heterocycles. The molecule has 0 radical (unpaired) electrons. The van der Waals surface area contributed by atoms with Gasteiger partial charge in [-0.15, -0.1) is 0 Å². The average molecular weight is 269 g/mol. The Morgan fingerprint density at radius 2 is 2.06 bits per heavy atom. The zero-order valence-electron chi connectivity index (χ0n) is 11.3. The summed E-state index contributed by atoms with van der Waals surface area (Å²) in [4.78, 5) is 4.39. The van der Waals surface area contributed by atoms with Crippen LogP contribution in [-0.2, 0) is 5.75 Å². The van der Waals surface area contributed by atoms with Crippen molar-refractivity contribution in [3.8, 4) is 0 Å². The van der Waals surface area contributed by atoms with Gasteiger partial charge >= 0.3 is 0 Å². The Kier molecular flexibility index (Phi) is 5.06. The molecule has 0 amide bonds. The van der Waals surface area contributed by atoms with E-state index in [1.165, 1.54) is 32.1 Å². The molecule has 1 aliphatic rings. The number of nitrogens with zero attached hydrogens (tertiary/aromatic N) is 2. The molecule has 1 atom stereocenters. The minimum atomic E-state index is -0.147. The third-order valence-electron chi connectivity index (χ3n) is 3.49. The second-order valence-corrected chi connectivity index (χ2v) is 6.68. The summed E-state index contributed by atoms with van der Waals surface area (Å²) in [5, 5.41) is 4.79. The maximum Gasteiger partial charge on any atom is 0.243 e. The van der Waals surface area contributed by atoms with E-state index < -0.39 is 0 Å². The van der Waals surface area contributed by atoms with Gasteiger partial charge in [0, 0.05) is 5.25 Å². The van der Waals surface area contributed by atoms with Crippen LogP contribution >= 0.6 is 11.8 Å². The zero-order valence-corrected chi connectivity index (χ0v) is 12.1. The van der Waals surface area contributed by atoms with Gasteiger partial charge in [-0.2, -0.15) is 16.7 Å². The topological polar surface area (TPSA) is 64.9 Å². The van der Waals surface area contributed by atoms with Crippen LogP contribution in [0.15, 0.2) is 4.52 Å². The van der Waals surface area contributed by atoms with E-state index in [4.69, 9.17) is 10.3 Å². The predicted molar refractivity (Wildman–Crippen MR) is 74.2 cm³/mol. The molecule has 2 N–H and O–H groups in total. The SMILES string of the molecule is CC(C)[C@H](N)c1nc(CSC2CCCCC2)no1. The number of nitrogens with two attached hydrogens (primary N) is 1. The fourth-order valence-corrected chi connectivity index (χ4v) is 3.34. The van der Waals surface area contributed by atoms with E-state index >= 15 is 0 Å². The summed E-state index contributed by atoms with van der Waals surface area (Å²) in [6.45, 7) is 4.12. The van der Waals surface area contributed by atoms with Crippen molar-refractivity contribution in [3.63, 3.8) is 0 Å². The first-order chi connectivity index (χ1) is 8.66. The van der Waals surface area contributed by atoms with Crippen molar-refractivity contribution in [2.75, 3.05) is 0 Å². The summed E-state index contributed by atoms with van der Waals surface area (Å²) in [5.41, 5.74) is 5.99. The van der Waals surface area contributed by atoms with Crippen molar-refractivity contribution in [1.82, 2.24) is 10.1 Å². The highest BCUT2D eigenvalue weighted by atomic mass is 32.2. The Bertz CT molecular complexity index is 361. The minimum absolute atomic E-state index is 0.147. The summed E-state index contributed by atoms with van der Waals surface area (Å²) < 4.78 is 5.23. The summed E-state index contributed by atoms with van der Waals surface area (Å²) >= 11 is 1.96. The van der Waals surface area contributed by atoms with Gasteiger partial charge in [-0.1, -0.05) is 38.3 Å². The van der Waals surface area contributed by atoms with Gasteiger partial charge in [0.2, 0.25) is 5.89 Å². The maximum atomic E-state index is 5.99. The molecule has 0 unspecified atom stereocenters. The van der Waals surface area contributed by atoms with Gasteiger partial charge in [0.25, 0.3) is 0 Å². The fourth-order valence-electron chi connectivity index (χ4n) is 2.17. The first-order valence-corrected chi connectivity index (χ1v) is 7.91. The van der Waals surface area contributed by atoms with Crippen LogP contribution in [0.2, 0.25) is 0 Å². The van der Waals surface area contributed by atoms with Crippen LogP contribution in [0.1, 0.15) is 63.7 Å². The molecule has 0 bridgehead atoms. The van der Waals surface area contributed by atoms with Gasteiger partial charge in [0.05, 0.1) is 11.8 Å². The Labute approximate surface area is 113 Å². The second kappa shape index (κ2) is 6.57. The van der Waals surface area contributed by atoms with E-state index in [-0.39, 0.29) is 6.04 Å². The highest BCUT2D eigenvalue weighted by molar-refractivity contribution is 7.99. The highest BCUT2D eigenvalue weighted by Gasteiger charge is 2.19. The number of hydrogen-bond donors (Lipinski definition) is 1. The Morgan fingerprint density at radius 1 is 1.33 bits per heavy atom. The molecule has 1 aromatic heterocycles. The van der Waals surface area contributed by atoms with Crippen molar-refractivity contribution in [3.05, 3.63) is 11.7 Å².